The van der Waals surface area contributed by atoms with Gasteiger partial charge in [0.2, 0.25) is 0 Å². The maximum atomic E-state index is 13.6. The number of para-hydroxylation sites is 1. The van der Waals surface area contributed by atoms with E-state index >= 15 is 0 Å². The molecule has 3 aromatic carbocycles. The van der Waals surface area contributed by atoms with Crippen LogP contribution >= 0.6 is 0 Å². The molecule has 2 amide bonds. The van der Waals surface area contributed by atoms with Crippen molar-refractivity contribution in [1.82, 2.24) is 15.2 Å². The van der Waals surface area contributed by atoms with Crippen LogP contribution in [0.1, 0.15) is 88.5 Å². The first-order chi connectivity index (χ1) is 21.3. The summed E-state index contributed by atoms with van der Waals surface area (Å²) in [6.45, 7) is 5.24. The molecule has 6 rings (SSSR count). The minimum atomic E-state index is -0.718. The quantitative estimate of drug-likeness (QED) is 0.239. The van der Waals surface area contributed by atoms with Crippen LogP contribution in [0.5, 0.6) is 5.75 Å². The van der Waals surface area contributed by atoms with Crippen molar-refractivity contribution in [2.45, 2.75) is 64.0 Å². The van der Waals surface area contributed by atoms with Crippen molar-refractivity contribution in [2.24, 2.45) is 0 Å². The summed E-state index contributed by atoms with van der Waals surface area (Å²) < 4.78 is 13.2. The molecule has 0 unspecified atom stereocenters. The van der Waals surface area contributed by atoms with Crippen LogP contribution in [0, 0.1) is 0 Å². The van der Waals surface area contributed by atoms with Crippen LogP contribution in [0.3, 0.4) is 0 Å². The Hall–Kier alpha value is -4.59. The molecule has 0 atom stereocenters. The molecule has 228 valence electrons. The van der Waals surface area contributed by atoms with Crippen LogP contribution in [0.2, 0.25) is 0 Å². The lowest BCUT2D eigenvalue weighted by Crippen LogP contribution is -2.51. The van der Waals surface area contributed by atoms with Gasteiger partial charge in [0.15, 0.2) is 0 Å². The van der Waals surface area contributed by atoms with Crippen molar-refractivity contribution in [2.75, 3.05) is 20.3 Å². The zero-order valence-electron chi connectivity index (χ0n) is 25.6. The second-order valence-corrected chi connectivity index (χ2v) is 12.4. The third kappa shape index (κ3) is 5.81. The molecule has 0 radical (unpaired) electrons. The van der Waals surface area contributed by atoms with E-state index in [2.05, 4.69) is 33.4 Å². The number of carbonyl (C=O) groups is 3. The summed E-state index contributed by atoms with van der Waals surface area (Å²) in [6.07, 6.45) is 6.10. The van der Waals surface area contributed by atoms with Crippen molar-refractivity contribution in [3.63, 3.8) is 0 Å². The Balaban J connectivity index is 1.24. The number of benzene rings is 3. The van der Waals surface area contributed by atoms with Crippen molar-refractivity contribution in [3.8, 4) is 17.0 Å². The number of amides is 2. The normalized spacial score (nSPS) is 15.0. The first-order valence-corrected chi connectivity index (χ1v) is 15.4. The van der Waals surface area contributed by atoms with Crippen molar-refractivity contribution < 1.29 is 23.9 Å². The summed E-state index contributed by atoms with van der Waals surface area (Å²) >= 11 is 0. The Morgan fingerprint density at radius 3 is 2.36 bits per heavy atom. The largest absolute Gasteiger partial charge is 0.491 e. The molecule has 2 heterocycles. The smallest absolute Gasteiger partial charge is 0.337 e. The van der Waals surface area contributed by atoms with E-state index in [-0.39, 0.29) is 18.4 Å². The van der Waals surface area contributed by atoms with Gasteiger partial charge in [-0.25, -0.2) is 4.79 Å². The van der Waals surface area contributed by atoms with Crippen LogP contribution in [0.15, 0.2) is 66.7 Å². The average molecular weight is 594 g/mol. The minimum absolute atomic E-state index is 0.200. The van der Waals surface area contributed by atoms with Crippen LogP contribution in [0.25, 0.3) is 22.2 Å². The zero-order chi connectivity index (χ0) is 30.8. The van der Waals surface area contributed by atoms with Crippen LogP contribution in [0.4, 0.5) is 0 Å². The predicted octanol–water partition coefficient (Wildman–Crippen LogP) is 6.47. The van der Waals surface area contributed by atoms with Crippen LogP contribution in [-0.2, 0) is 11.3 Å². The van der Waals surface area contributed by atoms with E-state index in [4.69, 9.17) is 9.47 Å². The third-order valence-electron chi connectivity index (χ3n) is 8.80. The Kier molecular flexibility index (Phi) is 8.17. The molecule has 1 aliphatic carbocycles. The highest BCUT2D eigenvalue weighted by molar-refractivity contribution is 6.01. The van der Waals surface area contributed by atoms with E-state index in [1.165, 1.54) is 55.9 Å². The van der Waals surface area contributed by atoms with E-state index in [0.717, 1.165) is 16.8 Å². The minimum Gasteiger partial charge on any atom is -0.491 e. The molecular weight excluding hydrogens is 554 g/mol. The Morgan fingerprint density at radius 2 is 1.61 bits per heavy atom. The molecule has 1 aliphatic heterocycles. The Labute approximate surface area is 257 Å². The van der Waals surface area contributed by atoms with E-state index in [1.807, 2.05) is 38.1 Å². The summed E-state index contributed by atoms with van der Waals surface area (Å²) in [4.78, 5) is 38.0. The lowest BCUT2D eigenvalue weighted by Gasteiger charge is -2.27. The fraction of sp³-hybridized carbons (Fsp3) is 0.361. The van der Waals surface area contributed by atoms with Gasteiger partial charge in [-0.2, -0.15) is 0 Å². The van der Waals surface area contributed by atoms with Gasteiger partial charge in [0, 0.05) is 34.1 Å². The number of hydrogen-bond acceptors (Lipinski definition) is 5. The molecule has 1 aromatic heterocycles. The number of hydrogen-bond donors (Lipinski definition) is 2. The molecule has 2 aliphatic rings. The Bertz CT molecular complexity index is 1710. The van der Waals surface area contributed by atoms with Crippen LogP contribution in [-0.4, -0.2) is 48.2 Å². The molecule has 0 spiro atoms. The fourth-order valence-electron chi connectivity index (χ4n) is 6.58. The van der Waals surface area contributed by atoms with Crippen molar-refractivity contribution in [1.29, 1.82) is 0 Å². The van der Waals surface area contributed by atoms with Gasteiger partial charge in [-0.3, -0.25) is 9.59 Å². The SMILES string of the molecule is COC(=O)c1ccc(C(=O)NCC(C)(C)NC(=O)c2ccc3c(C4CCCCC4)c4n(c3c2)CCOc2ccccc2-4)cc1. The first-order valence-electron chi connectivity index (χ1n) is 15.4. The second kappa shape index (κ2) is 12.2. The number of fused-ring (bicyclic) bond motifs is 5. The molecule has 44 heavy (non-hydrogen) atoms. The maximum absolute atomic E-state index is 13.6. The molecule has 1 fully saturated rings. The highest BCUT2D eigenvalue weighted by atomic mass is 16.5. The highest BCUT2D eigenvalue weighted by Gasteiger charge is 2.30. The van der Waals surface area contributed by atoms with Gasteiger partial charge in [0.1, 0.15) is 12.4 Å². The molecule has 2 N–H and O–H groups in total. The van der Waals surface area contributed by atoms with E-state index in [0.29, 0.717) is 35.8 Å². The summed E-state index contributed by atoms with van der Waals surface area (Å²) in [5.41, 5.74) is 5.41. The first kappa shape index (κ1) is 29.5. The number of methoxy groups -OCH3 is 1. The number of nitrogens with zero attached hydrogens (tertiary/aromatic N) is 1. The molecule has 8 heteroatoms. The molecule has 4 aromatic rings. The monoisotopic (exact) mass is 593 g/mol. The predicted molar refractivity (Wildman–Crippen MR) is 170 cm³/mol. The summed E-state index contributed by atoms with van der Waals surface area (Å²) in [5, 5.41) is 7.22. The standard InChI is InChI=1S/C36H39N3O5/c1-36(2,22-37-33(40)24-13-15-25(16-14-24)35(42)43-3)38-34(41)26-17-18-27-29(21-26)39-19-20-44-30-12-8-7-11-28(30)32(39)31(27)23-9-5-4-6-10-23/h7-8,11-18,21,23H,4-6,9-10,19-20,22H2,1-3H3,(H,37,40)(H,38,41). The lowest BCUT2D eigenvalue weighted by molar-refractivity contribution is 0.0600. The summed E-state index contributed by atoms with van der Waals surface area (Å²) in [6, 6.07) is 20.6. The number of ether oxygens (including phenoxy) is 2. The fourth-order valence-corrected chi connectivity index (χ4v) is 6.58. The van der Waals surface area contributed by atoms with E-state index in [9.17, 15) is 14.4 Å². The van der Waals surface area contributed by atoms with E-state index in [1.54, 1.807) is 24.3 Å². The number of rotatable bonds is 7. The lowest BCUT2D eigenvalue weighted by atomic mass is 9.81. The van der Waals surface area contributed by atoms with Gasteiger partial charge in [0.05, 0.1) is 30.5 Å². The summed E-state index contributed by atoms with van der Waals surface area (Å²) in [5.74, 6) is 0.436. The van der Waals surface area contributed by atoms with E-state index < -0.39 is 11.5 Å². The molecular formula is C36H39N3O5. The molecule has 8 nitrogen and oxygen atoms in total. The Morgan fingerprint density at radius 1 is 0.909 bits per heavy atom. The third-order valence-corrected chi connectivity index (χ3v) is 8.80. The topological polar surface area (TPSA) is 98.7 Å². The van der Waals surface area contributed by atoms with Gasteiger partial charge in [-0.1, -0.05) is 37.5 Å². The average Bonchev–Trinajstić information content (AvgIpc) is 3.24. The summed E-state index contributed by atoms with van der Waals surface area (Å²) in [7, 11) is 1.31. The van der Waals surface area contributed by atoms with Crippen molar-refractivity contribution >= 4 is 28.7 Å². The molecule has 0 bridgehead atoms. The number of aromatic nitrogens is 1. The van der Waals surface area contributed by atoms with Crippen molar-refractivity contribution in [3.05, 3.63) is 89.0 Å². The van der Waals surface area contributed by atoms with Gasteiger partial charge >= 0.3 is 5.97 Å². The molecule has 0 saturated heterocycles. The highest BCUT2D eigenvalue weighted by Crippen LogP contribution is 2.47. The zero-order valence-corrected chi connectivity index (χ0v) is 25.6. The van der Waals surface area contributed by atoms with Gasteiger partial charge in [0.25, 0.3) is 11.8 Å². The second-order valence-electron chi connectivity index (χ2n) is 12.4. The van der Waals surface area contributed by atoms with Gasteiger partial charge in [-0.05, 0) is 86.7 Å². The number of nitrogens with one attached hydrogen (secondary N) is 2. The number of esters is 1. The van der Waals surface area contributed by atoms with Gasteiger partial charge in [-0.15, -0.1) is 0 Å². The maximum Gasteiger partial charge on any atom is 0.337 e. The van der Waals surface area contributed by atoms with Gasteiger partial charge < -0.3 is 24.7 Å². The van der Waals surface area contributed by atoms with Crippen LogP contribution < -0.4 is 15.4 Å². The number of carbonyl (C=O) groups excluding carboxylic acids is 3. The molecule has 1 saturated carbocycles.